The first-order valence-corrected chi connectivity index (χ1v) is 3.98. The van der Waals surface area contributed by atoms with Gasteiger partial charge in [0.1, 0.15) is 0 Å². The number of rotatable bonds is 0. The van der Waals surface area contributed by atoms with Gasteiger partial charge in [-0.05, 0) is 30.5 Å². The summed E-state index contributed by atoms with van der Waals surface area (Å²) in [6.45, 7) is 1.86. The lowest BCUT2D eigenvalue weighted by atomic mass is 10.1. The fraction of sp³-hybridized carbons (Fsp3) is 0.100. The number of nitrogen functional groups attached to an aromatic ring is 1. The van der Waals surface area contributed by atoms with Crippen molar-refractivity contribution in [1.29, 1.82) is 5.26 Å². The van der Waals surface area contributed by atoms with E-state index in [0.29, 0.717) is 16.3 Å². The Morgan fingerprint density at radius 2 is 2.15 bits per heavy atom. The highest BCUT2D eigenvalue weighted by Gasteiger charge is 2.00. The zero-order chi connectivity index (χ0) is 9.84. The van der Waals surface area contributed by atoms with Crippen LogP contribution in [0, 0.1) is 30.1 Å². The van der Waals surface area contributed by atoms with Crippen molar-refractivity contribution in [1.82, 2.24) is 0 Å². The smallest absolute Gasteiger partial charge is 0.152 e. The minimum atomic E-state index is 0.478. The Balaban J connectivity index is 3.25. The van der Waals surface area contributed by atoms with Crippen LogP contribution in [-0.2, 0) is 0 Å². The second-order valence-electron chi connectivity index (χ2n) is 2.55. The Kier molecular flexibility index (Phi) is 2.80. The summed E-state index contributed by atoms with van der Waals surface area (Å²) in [6, 6.07) is 5.13. The predicted molar refractivity (Wildman–Crippen MR) is 53.1 cm³/mol. The highest BCUT2D eigenvalue weighted by Crippen LogP contribution is 2.21. The van der Waals surface area contributed by atoms with E-state index in [9.17, 15) is 0 Å². The maximum atomic E-state index is 8.25. The van der Waals surface area contributed by atoms with Gasteiger partial charge in [0, 0.05) is 17.2 Å². The molecule has 0 aliphatic carbocycles. The SMILES string of the molecule is Cc1cc(C#CC#N)c(Cl)cc1N. The first-order valence-electron chi connectivity index (χ1n) is 3.61. The van der Waals surface area contributed by atoms with Gasteiger partial charge >= 0.3 is 0 Å². The summed E-state index contributed by atoms with van der Waals surface area (Å²) in [6.07, 6.45) is 0. The molecule has 0 amide bonds. The molecule has 0 bridgehead atoms. The van der Waals surface area contributed by atoms with E-state index >= 15 is 0 Å². The van der Waals surface area contributed by atoms with Gasteiger partial charge in [-0.3, -0.25) is 0 Å². The summed E-state index contributed by atoms with van der Waals surface area (Å²) < 4.78 is 0. The average Bonchev–Trinajstić information content (AvgIpc) is 2.09. The topological polar surface area (TPSA) is 49.8 Å². The summed E-state index contributed by atoms with van der Waals surface area (Å²) in [5.41, 5.74) is 7.80. The van der Waals surface area contributed by atoms with Crippen LogP contribution in [-0.4, -0.2) is 0 Å². The minimum Gasteiger partial charge on any atom is -0.398 e. The highest BCUT2D eigenvalue weighted by molar-refractivity contribution is 6.32. The number of nitriles is 1. The molecular formula is C10H7ClN2. The number of hydrogen-bond acceptors (Lipinski definition) is 2. The molecule has 1 rings (SSSR count). The summed E-state index contributed by atoms with van der Waals surface area (Å²) >= 11 is 5.85. The Labute approximate surface area is 81.9 Å². The van der Waals surface area contributed by atoms with Crippen LogP contribution in [0.3, 0.4) is 0 Å². The lowest BCUT2D eigenvalue weighted by molar-refractivity contribution is 1.45. The Hall–Kier alpha value is -1.64. The van der Waals surface area contributed by atoms with Crippen molar-refractivity contribution >= 4 is 17.3 Å². The van der Waals surface area contributed by atoms with Crippen LogP contribution in [0.2, 0.25) is 5.02 Å². The fourth-order valence-corrected chi connectivity index (χ4v) is 1.11. The van der Waals surface area contributed by atoms with E-state index in [1.165, 1.54) is 0 Å². The van der Waals surface area contributed by atoms with E-state index in [1.54, 1.807) is 18.2 Å². The maximum Gasteiger partial charge on any atom is 0.152 e. The van der Waals surface area contributed by atoms with Crippen molar-refractivity contribution in [3.63, 3.8) is 0 Å². The molecule has 1 aromatic rings. The van der Waals surface area contributed by atoms with Crippen molar-refractivity contribution in [3.05, 3.63) is 28.3 Å². The largest absolute Gasteiger partial charge is 0.398 e. The molecule has 2 N–H and O–H groups in total. The number of anilines is 1. The van der Waals surface area contributed by atoms with Gasteiger partial charge in [-0.2, -0.15) is 5.26 Å². The second-order valence-corrected chi connectivity index (χ2v) is 2.96. The molecule has 0 aliphatic rings. The molecule has 0 spiro atoms. The molecule has 1 aromatic carbocycles. The van der Waals surface area contributed by atoms with Crippen molar-refractivity contribution in [2.75, 3.05) is 5.73 Å². The molecular weight excluding hydrogens is 184 g/mol. The number of nitrogens with zero attached hydrogens (tertiary/aromatic N) is 1. The van der Waals surface area contributed by atoms with Crippen LogP contribution in [0.4, 0.5) is 5.69 Å². The number of aryl methyl sites for hydroxylation is 1. The van der Waals surface area contributed by atoms with Crippen LogP contribution in [0.5, 0.6) is 0 Å². The lowest BCUT2D eigenvalue weighted by Crippen LogP contribution is -1.90. The standard InChI is InChI=1S/C10H7ClN2/c1-7-5-8(3-2-4-12)9(11)6-10(7)13/h5-6H,13H2,1H3. The van der Waals surface area contributed by atoms with Gasteiger partial charge in [0.15, 0.2) is 6.07 Å². The lowest BCUT2D eigenvalue weighted by Gasteiger charge is -2.01. The second kappa shape index (κ2) is 3.85. The molecule has 0 atom stereocenters. The summed E-state index contributed by atoms with van der Waals surface area (Å²) in [7, 11) is 0. The number of hydrogen-bond donors (Lipinski definition) is 1. The molecule has 0 heterocycles. The van der Waals surface area contributed by atoms with Crippen LogP contribution in [0.15, 0.2) is 12.1 Å². The van der Waals surface area contributed by atoms with E-state index in [-0.39, 0.29) is 0 Å². The Morgan fingerprint density at radius 3 is 2.77 bits per heavy atom. The molecule has 0 fully saturated rings. The molecule has 0 saturated heterocycles. The van der Waals surface area contributed by atoms with E-state index in [2.05, 4.69) is 11.8 Å². The van der Waals surface area contributed by atoms with Gasteiger partial charge in [-0.1, -0.05) is 11.6 Å². The highest BCUT2D eigenvalue weighted by atomic mass is 35.5. The maximum absolute atomic E-state index is 8.25. The average molecular weight is 191 g/mol. The van der Waals surface area contributed by atoms with E-state index in [4.69, 9.17) is 22.6 Å². The normalized spacial score (nSPS) is 8.38. The number of halogens is 1. The Bertz CT molecular complexity index is 433. The molecule has 0 aliphatic heterocycles. The predicted octanol–water partition coefficient (Wildman–Crippen LogP) is 2.11. The van der Waals surface area contributed by atoms with Crippen LogP contribution >= 0.6 is 11.6 Å². The number of nitrogens with two attached hydrogens (primary N) is 1. The van der Waals surface area contributed by atoms with Crippen LogP contribution in [0.25, 0.3) is 0 Å². The molecule has 0 radical (unpaired) electrons. The first kappa shape index (κ1) is 9.45. The van der Waals surface area contributed by atoms with Crippen molar-refractivity contribution in [2.24, 2.45) is 0 Å². The third kappa shape index (κ3) is 2.15. The molecule has 2 nitrogen and oxygen atoms in total. The zero-order valence-corrected chi connectivity index (χ0v) is 7.81. The summed E-state index contributed by atoms with van der Waals surface area (Å²) in [5.74, 6) is 4.91. The molecule has 3 heteroatoms. The van der Waals surface area contributed by atoms with Crippen molar-refractivity contribution in [3.8, 4) is 17.9 Å². The van der Waals surface area contributed by atoms with Gasteiger partial charge in [-0.25, -0.2) is 0 Å². The molecule has 0 aromatic heterocycles. The molecule has 13 heavy (non-hydrogen) atoms. The first-order chi connectivity index (χ1) is 6.15. The summed E-state index contributed by atoms with van der Waals surface area (Å²) in [5, 5.41) is 8.73. The van der Waals surface area contributed by atoms with Gasteiger partial charge in [0.25, 0.3) is 0 Å². The van der Waals surface area contributed by atoms with Gasteiger partial charge < -0.3 is 5.73 Å². The summed E-state index contributed by atoms with van der Waals surface area (Å²) in [4.78, 5) is 0. The molecule has 0 unspecified atom stereocenters. The zero-order valence-electron chi connectivity index (χ0n) is 7.06. The van der Waals surface area contributed by atoms with Crippen molar-refractivity contribution < 1.29 is 0 Å². The third-order valence-corrected chi connectivity index (χ3v) is 1.92. The van der Waals surface area contributed by atoms with E-state index < -0.39 is 0 Å². The minimum absolute atomic E-state index is 0.478. The molecule has 64 valence electrons. The van der Waals surface area contributed by atoms with Crippen molar-refractivity contribution in [2.45, 2.75) is 6.92 Å². The van der Waals surface area contributed by atoms with Gasteiger partial charge in [-0.15, -0.1) is 0 Å². The van der Waals surface area contributed by atoms with Gasteiger partial charge in [0.2, 0.25) is 0 Å². The van der Waals surface area contributed by atoms with Crippen LogP contribution in [0.1, 0.15) is 11.1 Å². The number of benzene rings is 1. The van der Waals surface area contributed by atoms with Crippen LogP contribution < -0.4 is 5.73 Å². The monoisotopic (exact) mass is 190 g/mol. The Morgan fingerprint density at radius 1 is 1.46 bits per heavy atom. The van der Waals surface area contributed by atoms with Gasteiger partial charge in [0.05, 0.1) is 5.02 Å². The quantitative estimate of drug-likeness (QED) is 0.503. The fourth-order valence-electron chi connectivity index (χ4n) is 0.888. The molecule has 0 saturated carbocycles. The third-order valence-electron chi connectivity index (χ3n) is 1.61. The van der Waals surface area contributed by atoms with E-state index in [1.807, 2.05) is 6.92 Å². The van der Waals surface area contributed by atoms with E-state index in [0.717, 1.165) is 5.56 Å².